The van der Waals surface area contributed by atoms with Crippen molar-refractivity contribution >= 4 is 23.1 Å². The summed E-state index contributed by atoms with van der Waals surface area (Å²) in [5, 5.41) is 10.9. The number of ether oxygens (including phenoxy) is 1. The molecule has 5 heteroatoms. The lowest BCUT2D eigenvalue weighted by molar-refractivity contribution is -0.147. The van der Waals surface area contributed by atoms with E-state index in [1.165, 1.54) is 11.3 Å². The van der Waals surface area contributed by atoms with Crippen LogP contribution < -0.4 is 0 Å². The molecule has 0 aromatic carbocycles. The molecule has 0 amide bonds. The average molecular weight is 238 g/mol. The van der Waals surface area contributed by atoms with Gasteiger partial charge < -0.3 is 9.84 Å². The molecule has 1 saturated carbocycles. The fourth-order valence-electron chi connectivity index (χ4n) is 2.49. The second-order valence-electron chi connectivity index (χ2n) is 4.13. The van der Waals surface area contributed by atoms with E-state index in [2.05, 4.69) is 0 Å². The number of Topliss-reactive ketones (excluding diaryl/α,β-unsaturated/α-hetero) is 1. The fraction of sp³-hybridized carbons (Fsp3) is 0.455. The minimum absolute atomic E-state index is 0.0140. The molecule has 1 N–H and O–H groups in total. The van der Waals surface area contributed by atoms with Crippen LogP contribution in [0.25, 0.3) is 0 Å². The molecule has 1 saturated heterocycles. The van der Waals surface area contributed by atoms with Crippen molar-refractivity contribution in [2.24, 2.45) is 17.8 Å². The van der Waals surface area contributed by atoms with Crippen LogP contribution >= 0.6 is 11.3 Å². The Balaban J connectivity index is 1.80. The van der Waals surface area contributed by atoms with E-state index < -0.39 is 6.10 Å². The Labute approximate surface area is 95.8 Å². The molecule has 1 aliphatic carbocycles. The molecule has 0 bridgehead atoms. The van der Waals surface area contributed by atoms with Crippen LogP contribution in [0.15, 0.2) is 17.5 Å². The maximum absolute atomic E-state index is 12.0. The highest BCUT2D eigenvalue weighted by Crippen LogP contribution is 2.56. The quantitative estimate of drug-likeness (QED) is 0.622. The number of hydrogen-bond donors (Lipinski definition) is 1. The second kappa shape index (κ2) is 3.40. The van der Waals surface area contributed by atoms with Gasteiger partial charge in [0, 0.05) is 11.8 Å². The molecule has 0 unspecified atom stereocenters. The molecule has 1 aromatic heterocycles. The van der Waals surface area contributed by atoms with E-state index >= 15 is 0 Å². The van der Waals surface area contributed by atoms with Crippen molar-refractivity contribution in [3.05, 3.63) is 22.4 Å². The van der Waals surface area contributed by atoms with Crippen LogP contribution in [0.4, 0.5) is 0 Å². The Morgan fingerprint density at radius 3 is 3.00 bits per heavy atom. The number of aliphatic hydroxyl groups is 1. The number of cyclic esters (lactones) is 1. The van der Waals surface area contributed by atoms with E-state index in [1.54, 1.807) is 6.07 Å². The van der Waals surface area contributed by atoms with Crippen LogP contribution in [0.2, 0.25) is 0 Å². The first-order valence-electron chi connectivity index (χ1n) is 5.13. The van der Waals surface area contributed by atoms with E-state index in [0.29, 0.717) is 4.88 Å². The predicted molar refractivity (Wildman–Crippen MR) is 56.1 cm³/mol. The SMILES string of the molecule is O=C1O[C@H](CO)[C@@H]2[C@H]1[C@H]2C(=O)c1cccs1. The van der Waals surface area contributed by atoms with Gasteiger partial charge in [-0.05, 0) is 11.4 Å². The number of hydrogen-bond acceptors (Lipinski definition) is 5. The monoisotopic (exact) mass is 238 g/mol. The molecule has 1 aliphatic heterocycles. The maximum atomic E-state index is 12.0. The summed E-state index contributed by atoms with van der Waals surface area (Å²) in [6.07, 6.45) is -0.480. The summed E-state index contributed by atoms with van der Waals surface area (Å²) in [5.41, 5.74) is 0. The fourth-order valence-corrected chi connectivity index (χ4v) is 3.20. The highest BCUT2D eigenvalue weighted by Gasteiger charge is 2.68. The van der Waals surface area contributed by atoms with Crippen LogP contribution in [0.3, 0.4) is 0 Å². The molecular formula is C11H10O4S. The van der Waals surface area contributed by atoms with Gasteiger partial charge in [0.15, 0.2) is 5.78 Å². The van der Waals surface area contributed by atoms with Crippen LogP contribution in [0.1, 0.15) is 9.67 Å². The van der Waals surface area contributed by atoms with Crippen LogP contribution in [0, 0.1) is 17.8 Å². The molecule has 4 atom stereocenters. The summed E-state index contributed by atoms with van der Waals surface area (Å²) in [7, 11) is 0. The number of thiophene rings is 1. The summed E-state index contributed by atoms with van der Waals surface area (Å²) in [5.74, 6) is -1.00. The molecule has 2 fully saturated rings. The van der Waals surface area contributed by atoms with Gasteiger partial charge in [0.05, 0.1) is 17.4 Å². The van der Waals surface area contributed by atoms with Crippen LogP contribution in [-0.4, -0.2) is 29.6 Å². The lowest BCUT2D eigenvalue weighted by Gasteiger charge is -2.10. The molecule has 3 rings (SSSR count). The van der Waals surface area contributed by atoms with Gasteiger partial charge in [-0.2, -0.15) is 0 Å². The van der Waals surface area contributed by atoms with Crippen molar-refractivity contribution in [2.75, 3.05) is 6.61 Å². The van der Waals surface area contributed by atoms with Gasteiger partial charge in [-0.25, -0.2) is 0 Å². The van der Waals surface area contributed by atoms with E-state index in [9.17, 15) is 9.59 Å². The van der Waals surface area contributed by atoms with Gasteiger partial charge >= 0.3 is 5.97 Å². The Bertz CT molecular complexity index is 439. The third-order valence-corrected chi connectivity index (χ3v) is 4.18. The number of carbonyl (C=O) groups excluding carboxylic acids is 2. The first kappa shape index (κ1) is 9.99. The summed E-state index contributed by atoms with van der Waals surface area (Å²) < 4.78 is 4.93. The summed E-state index contributed by atoms with van der Waals surface area (Å²) in [4.78, 5) is 24.1. The lowest BCUT2D eigenvalue weighted by atomic mass is 10.1. The number of aliphatic hydroxyl groups excluding tert-OH is 1. The van der Waals surface area contributed by atoms with Gasteiger partial charge in [-0.15, -0.1) is 11.3 Å². The summed E-state index contributed by atoms with van der Waals surface area (Å²) >= 11 is 1.38. The smallest absolute Gasteiger partial charge is 0.310 e. The minimum Gasteiger partial charge on any atom is -0.459 e. The first-order chi connectivity index (χ1) is 7.74. The van der Waals surface area contributed by atoms with Gasteiger partial charge in [-0.1, -0.05) is 6.07 Å². The van der Waals surface area contributed by atoms with Crippen molar-refractivity contribution < 1.29 is 19.4 Å². The highest BCUT2D eigenvalue weighted by atomic mass is 32.1. The van der Waals surface area contributed by atoms with Crippen molar-refractivity contribution in [2.45, 2.75) is 6.10 Å². The van der Waals surface area contributed by atoms with Gasteiger partial charge in [0.1, 0.15) is 6.10 Å². The van der Waals surface area contributed by atoms with Crippen molar-refractivity contribution in [3.8, 4) is 0 Å². The van der Waals surface area contributed by atoms with E-state index in [-0.39, 0.29) is 36.1 Å². The molecule has 1 aromatic rings. The van der Waals surface area contributed by atoms with Crippen LogP contribution in [0.5, 0.6) is 0 Å². The van der Waals surface area contributed by atoms with Crippen molar-refractivity contribution in [1.82, 2.24) is 0 Å². The minimum atomic E-state index is -0.480. The molecule has 16 heavy (non-hydrogen) atoms. The molecule has 0 spiro atoms. The number of esters is 1. The molecule has 2 aliphatic rings. The zero-order valence-corrected chi connectivity index (χ0v) is 9.15. The maximum Gasteiger partial charge on any atom is 0.310 e. The molecule has 4 nitrogen and oxygen atoms in total. The third-order valence-electron chi connectivity index (χ3n) is 3.29. The zero-order valence-electron chi connectivity index (χ0n) is 8.33. The summed E-state index contributed by atoms with van der Waals surface area (Å²) in [6, 6.07) is 3.58. The molecular weight excluding hydrogens is 228 g/mol. The van der Waals surface area contributed by atoms with Gasteiger partial charge in [0.2, 0.25) is 0 Å². The van der Waals surface area contributed by atoms with E-state index in [4.69, 9.17) is 9.84 Å². The Hall–Kier alpha value is -1.20. The summed E-state index contributed by atoms with van der Waals surface area (Å²) in [6.45, 7) is -0.193. The van der Waals surface area contributed by atoms with Crippen LogP contribution in [-0.2, 0) is 9.53 Å². The second-order valence-corrected chi connectivity index (χ2v) is 5.08. The Morgan fingerprint density at radius 1 is 1.56 bits per heavy atom. The van der Waals surface area contributed by atoms with E-state index in [0.717, 1.165) is 0 Å². The Kier molecular flexibility index (Phi) is 2.12. The molecule has 84 valence electrons. The number of ketones is 1. The third kappa shape index (κ3) is 1.25. The topological polar surface area (TPSA) is 63.6 Å². The van der Waals surface area contributed by atoms with Gasteiger partial charge in [0.25, 0.3) is 0 Å². The predicted octanol–water partition coefficient (Wildman–Crippen LogP) is 0.711. The Morgan fingerprint density at radius 2 is 2.38 bits per heavy atom. The largest absolute Gasteiger partial charge is 0.459 e. The molecule has 0 radical (unpaired) electrons. The highest BCUT2D eigenvalue weighted by molar-refractivity contribution is 7.12. The van der Waals surface area contributed by atoms with Crippen molar-refractivity contribution in [3.63, 3.8) is 0 Å². The molecule has 2 heterocycles. The lowest BCUT2D eigenvalue weighted by Crippen LogP contribution is -2.23. The zero-order chi connectivity index (χ0) is 11.3. The number of fused-ring (bicyclic) bond motifs is 1. The first-order valence-corrected chi connectivity index (χ1v) is 6.01. The normalized spacial score (nSPS) is 35.7. The average Bonchev–Trinajstić information content (AvgIpc) is 2.66. The number of rotatable bonds is 3. The van der Waals surface area contributed by atoms with Gasteiger partial charge in [-0.3, -0.25) is 9.59 Å². The van der Waals surface area contributed by atoms with E-state index in [1.807, 2.05) is 11.4 Å². The number of carbonyl (C=O) groups is 2. The standard InChI is InChI=1S/C11H10O4S/c12-4-5-7-8(9(7)11(14)15-5)10(13)6-2-1-3-16-6/h1-3,5,7-9,12H,4H2/t5-,7+,8+,9+/m1/s1. The van der Waals surface area contributed by atoms with Crippen molar-refractivity contribution in [1.29, 1.82) is 0 Å².